The Morgan fingerprint density at radius 2 is 2.11 bits per heavy atom. The molecule has 0 aliphatic carbocycles. The zero-order chi connectivity index (χ0) is 13.7. The monoisotopic (exact) mass is 328 g/mol. The highest BCUT2D eigenvalue weighted by Gasteiger charge is 2.18. The summed E-state index contributed by atoms with van der Waals surface area (Å²) in [7, 11) is 0. The first-order valence-electron chi connectivity index (χ1n) is 5.60. The van der Waals surface area contributed by atoms with Crippen LogP contribution in [0.3, 0.4) is 0 Å². The van der Waals surface area contributed by atoms with Crippen LogP contribution in [-0.2, 0) is 4.79 Å². The van der Waals surface area contributed by atoms with Crippen molar-refractivity contribution in [1.82, 2.24) is 5.32 Å². The van der Waals surface area contributed by atoms with Crippen molar-refractivity contribution >= 4 is 41.5 Å². The molecule has 3 nitrogen and oxygen atoms in total. The van der Waals surface area contributed by atoms with Gasteiger partial charge in [-0.15, -0.1) is 12.4 Å². The van der Waals surface area contributed by atoms with Crippen molar-refractivity contribution in [2.24, 2.45) is 5.73 Å². The van der Waals surface area contributed by atoms with Crippen molar-refractivity contribution in [1.29, 1.82) is 0 Å². The van der Waals surface area contributed by atoms with Crippen LogP contribution in [0.4, 0.5) is 4.39 Å². The highest BCUT2D eigenvalue weighted by Crippen LogP contribution is 2.32. The summed E-state index contributed by atoms with van der Waals surface area (Å²) >= 11 is 11.8. The number of carbonyl (C=O) groups is 1. The lowest BCUT2D eigenvalue weighted by Gasteiger charge is -2.17. The number of hydrogen-bond acceptors (Lipinski definition) is 2. The van der Waals surface area contributed by atoms with E-state index in [1.54, 1.807) is 6.92 Å². The van der Waals surface area contributed by atoms with E-state index in [2.05, 4.69) is 5.32 Å². The topological polar surface area (TPSA) is 55.1 Å². The highest BCUT2D eigenvalue weighted by atomic mass is 35.5. The van der Waals surface area contributed by atoms with Crippen molar-refractivity contribution in [2.45, 2.75) is 25.8 Å². The van der Waals surface area contributed by atoms with Gasteiger partial charge in [0.05, 0.1) is 11.1 Å². The molecule has 0 spiro atoms. The fourth-order valence-electron chi connectivity index (χ4n) is 1.59. The molecule has 1 amide bonds. The number of nitrogens with two attached hydrogens (primary N) is 1. The van der Waals surface area contributed by atoms with Gasteiger partial charge in [-0.3, -0.25) is 4.79 Å². The van der Waals surface area contributed by atoms with E-state index in [9.17, 15) is 9.18 Å². The summed E-state index contributed by atoms with van der Waals surface area (Å²) in [5.74, 6) is -0.719. The molecule has 0 bridgehead atoms. The van der Waals surface area contributed by atoms with Gasteiger partial charge in [-0.25, -0.2) is 4.39 Å². The zero-order valence-electron chi connectivity index (χ0n) is 10.4. The van der Waals surface area contributed by atoms with E-state index in [-0.39, 0.29) is 23.3 Å². The lowest BCUT2D eigenvalue weighted by Crippen LogP contribution is -2.27. The van der Waals surface area contributed by atoms with Crippen LogP contribution >= 0.6 is 35.6 Å². The molecular formula is C12H16Cl3FN2O. The van der Waals surface area contributed by atoms with E-state index >= 15 is 0 Å². The number of hydrogen-bond donors (Lipinski definition) is 2. The SMILES string of the molecule is CC(NC(=O)CCCN)c1c(Cl)ccc(F)c1Cl.Cl. The first-order valence-corrected chi connectivity index (χ1v) is 6.35. The molecule has 1 atom stereocenters. The minimum absolute atomic E-state index is 0. The van der Waals surface area contributed by atoms with Gasteiger partial charge in [0, 0.05) is 17.0 Å². The van der Waals surface area contributed by atoms with Gasteiger partial charge in [0.1, 0.15) is 5.82 Å². The molecule has 0 aromatic heterocycles. The quantitative estimate of drug-likeness (QED) is 0.813. The predicted octanol–water partition coefficient (Wildman–Crippen LogP) is 3.47. The first-order chi connectivity index (χ1) is 8.47. The van der Waals surface area contributed by atoms with Crippen LogP contribution in [0.5, 0.6) is 0 Å². The highest BCUT2D eigenvalue weighted by molar-refractivity contribution is 6.36. The molecule has 7 heteroatoms. The van der Waals surface area contributed by atoms with Crippen molar-refractivity contribution in [2.75, 3.05) is 6.54 Å². The van der Waals surface area contributed by atoms with Crippen molar-refractivity contribution in [3.8, 4) is 0 Å². The molecule has 0 radical (unpaired) electrons. The summed E-state index contributed by atoms with van der Waals surface area (Å²) in [5, 5.41) is 2.98. The molecule has 1 rings (SSSR count). The lowest BCUT2D eigenvalue weighted by molar-refractivity contribution is -0.121. The fourth-order valence-corrected chi connectivity index (χ4v) is 2.29. The Bertz CT molecular complexity index is 443. The van der Waals surface area contributed by atoms with Gasteiger partial charge in [-0.1, -0.05) is 23.2 Å². The molecule has 0 heterocycles. The molecule has 1 aromatic carbocycles. The summed E-state index contributed by atoms with van der Waals surface area (Å²) in [6.07, 6.45) is 0.925. The van der Waals surface area contributed by atoms with E-state index in [1.165, 1.54) is 12.1 Å². The van der Waals surface area contributed by atoms with E-state index < -0.39 is 11.9 Å². The Balaban J connectivity index is 0.00000324. The maximum Gasteiger partial charge on any atom is 0.220 e. The van der Waals surface area contributed by atoms with Crippen LogP contribution in [0.15, 0.2) is 12.1 Å². The van der Waals surface area contributed by atoms with E-state index in [1.807, 2.05) is 0 Å². The van der Waals surface area contributed by atoms with Crippen LogP contribution in [0.2, 0.25) is 10.0 Å². The number of nitrogens with one attached hydrogen (secondary N) is 1. The maximum atomic E-state index is 13.3. The second kappa shape index (κ2) is 8.59. The average Bonchev–Trinajstić information content (AvgIpc) is 2.31. The van der Waals surface area contributed by atoms with Crippen molar-refractivity contribution in [3.05, 3.63) is 33.6 Å². The maximum absolute atomic E-state index is 13.3. The summed E-state index contributed by atoms with van der Waals surface area (Å²) < 4.78 is 13.3. The van der Waals surface area contributed by atoms with Crippen LogP contribution in [0.1, 0.15) is 31.4 Å². The number of carbonyl (C=O) groups excluding carboxylic acids is 1. The molecule has 1 unspecified atom stereocenters. The van der Waals surface area contributed by atoms with E-state index in [0.29, 0.717) is 30.0 Å². The summed E-state index contributed by atoms with van der Waals surface area (Å²) in [5.41, 5.74) is 5.70. The molecule has 0 saturated heterocycles. The Morgan fingerprint density at radius 3 is 2.68 bits per heavy atom. The third-order valence-electron chi connectivity index (χ3n) is 2.50. The number of amides is 1. The second-order valence-electron chi connectivity index (χ2n) is 3.94. The summed E-state index contributed by atoms with van der Waals surface area (Å²) in [6, 6.07) is 2.16. The largest absolute Gasteiger partial charge is 0.349 e. The predicted molar refractivity (Wildman–Crippen MR) is 78.5 cm³/mol. The van der Waals surface area contributed by atoms with Crippen molar-refractivity contribution in [3.63, 3.8) is 0 Å². The van der Waals surface area contributed by atoms with Gasteiger partial charge >= 0.3 is 0 Å². The Hall–Kier alpha value is -0.550. The lowest BCUT2D eigenvalue weighted by atomic mass is 10.1. The van der Waals surface area contributed by atoms with Crippen LogP contribution < -0.4 is 11.1 Å². The minimum Gasteiger partial charge on any atom is -0.349 e. The van der Waals surface area contributed by atoms with Gasteiger partial charge in [0.15, 0.2) is 0 Å². The van der Waals surface area contributed by atoms with Gasteiger partial charge in [-0.05, 0) is 32.0 Å². The van der Waals surface area contributed by atoms with Crippen molar-refractivity contribution < 1.29 is 9.18 Å². The third kappa shape index (κ3) is 5.15. The molecule has 1 aromatic rings. The molecule has 0 aliphatic heterocycles. The van der Waals surface area contributed by atoms with Crippen LogP contribution in [0.25, 0.3) is 0 Å². The molecule has 108 valence electrons. The molecule has 3 N–H and O–H groups in total. The fraction of sp³-hybridized carbons (Fsp3) is 0.417. The minimum atomic E-state index is -0.556. The first kappa shape index (κ1) is 18.4. The number of benzene rings is 1. The van der Waals surface area contributed by atoms with Crippen LogP contribution in [0, 0.1) is 5.82 Å². The Morgan fingerprint density at radius 1 is 1.47 bits per heavy atom. The smallest absolute Gasteiger partial charge is 0.220 e. The Labute approximate surface area is 128 Å². The average molecular weight is 330 g/mol. The number of halogens is 4. The van der Waals surface area contributed by atoms with Gasteiger partial charge in [-0.2, -0.15) is 0 Å². The Kier molecular flexibility index (Phi) is 8.34. The number of rotatable bonds is 5. The van der Waals surface area contributed by atoms with E-state index in [4.69, 9.17) is 28.9 Å². The molecule has 0 aliphatic rings. The molecule has 0 fully saturated rings. The summed E-state index contributed by atoms with van der Waals surface area (Å²) in [6.45, 7) is 2.15. The van der Waals surface area contributed by atoms with Crippen LogP contribution in [-0.4, -0.2) is 12.5 Å². The van der Waals surface area contributed by atoms with Gasteiger partial charge in [0.25, 0.3) is 0 Å². The van der Waals surface area contributed by atoms with E-state index in [0.717, 1.165) is 0 Å². The third-order valence-corrected chi connectivity index (χ3v) is 3.21. The molecular weight excluding hydrogens is 314 g/mol. The van der Waals surface area contributed by atoms with Gasteiger partial charge < -0.3 is 11.1 Å². The van der Waals surface area contributed by atoms with Gasteiger partial charge in [0.2, 0.25) is 5.91 Å². The molecule has 19 heavy (non-hydrogen) atoms. The zero-order valence-corrected chi connectivity index (χ0v) is 12.7. The second-order valence-corrected chi connectivity index (χ2v) is 4.72. The normalized spacial score (nSPS) is 11.6. The standard InChI is InChI=1S/C12H15Cl2FN2O.ClH/c1-7(17-10(18)3-2-6-16)11-8(13)4-5-9(15)12(11)14;/h4-5,7H,2-3,6,16H2,1H3,(H,17,18);1H. The molecule has 0 saturated carbocycles. The summed E-state index contributed by atoms with van der Waals surface area (Å²) in [4.78, 5) is 11.5.